The molecule has 0 N–H and O–H groups in total. The van der Waals surface area contributed by atoms with Crippen molar-refractivity contribution in [2.75, 3.05) is 0 Å². The Morgan fingerprint density at radius 3 is 1.81 bits per heavy atom. The van der Waals surface area contributed by atoms with E-state index >= 15 is 0 Å². The molecular formula is C12H14F10N2O2P+. The Labute approximate surface area is 146 Å². The number of nitrogens with zero attached hydrogens (tertiary/aromatic N) is 2. The fraction of sp³-hybridized carbons (Fsp3) is 0.750. The number of halogens is 10. The molecule has 15 heteroatoms. The lowest BCUT2D eigenvalue weighted by Crippen LogP contribution is -2.49. The Balaban J connectivity index is 3.65. The highest BCUT2D eigenvalue weighted by molar-refractivity contribution is 7.62. The first kappa shape index (κ1) is 23.6. The van der Waals surface area contributed by atoms with E-state index in [4.69, 9.17) is 0 Å². The molecule has 0 aromatic carbocycles. The summed E-state index contributed by atoms with van der Waals surface area (Å²) in [5, 5.41) is 0. The topological polar surface area (TPSA) is 35.1 Å². The van der Waals surface area contributed by atoms with E-state index in [1.165, 1.54) is 0 Å². The van der Waals surface area contributed by atoms with Gasteiger partial charge in [-0.1, -0.05) is 13.3 Å². The predicted octanol–water partition coefficient (Wildman–Crippen LogP) is 5.08. The highest BCUT2D eigenvalue weighted by atomic mass is 31.2. The van der Waals surface area contributed by atoms with Gasteiger partial charge in [0.05, 0.1) is 13.6 Å². The van der Waals surface area contributed by atoms with Gasteiger partial charge in [-0.05, 0) is 6.42 Å². The van der Waals surface area contributed by atoms with Gasteiger partial charge in [-0.3, -0.25) is 4.57 Å². The fourth-order valence-electron chi connectivity index (χ4n) is 1.87. The van der Waals surface area contributed by atoms with Crippen molar-refractivity contribution in [3.8, 4) is 6.01 Å². The zero-order valence-electron chi connectivity index (χ0n) is 13.7. The SMILES string of the molecule is CCCCn1cc[n+](C)c1OP(=O)(C(F)(F)C(F)(F)F)C(F)(F)C(F)(F)F. The van der Waals surface area contributed by atoms with Crippen molar-refractivity contribution in [2.45, 2.75) is 50.0 Å². The normalized spacial score (nSPS) is 14.5. The summed E-state index contributed by atoms with van der Waals surface area (Å²) in [5.74, 6) is 0. The number of aromatic nitrogens is 2. The zero-order chi connectivity index (χ0) is 21.5. The van der Waals surface area contributed by atoms with Crippen LogP contribution in [-0.2, 0) is 18.2 Å². The molecule has 0 atom stereocenters. The minimum atomic E-state index is -8.10. The van der Waals surface area contributed by atoms with E-state index in [0.717, 1.165) is 19.4 Å². The van der Waals surface area contributed by atoms with Crippen LogP contribution in [0.4, 0.5) is 43.9 Å². The molecular weight excluding hydrogens is 425 g/mol. The van der Waals surface area contributed by atoms with Crippen LogP contribution >= 0.6 is 7.37 Å². The molecule has 0 aliphatic rings. The second kappa shape index (κ2) is 7.17. The van der Waals surface area contributed by atoms with E-state index in [-0.39, 0.29) is 13.0 Å². The lowest BCUT2D eigenvalue weighted by molar-refractivity contribution is -0.674. The molecule has 0 aliphatic carbocycles. The van der Waals surface area contributed by atoms with Gasteiger partial charge in [-0.15, -0.1) is 0 Å². The van der Waals surface area contributed by atoms with Crippen LogP contribution in [0.25, 0.3) is 0 Å². The summed E-state index contributed by atoms with van der Waals surface area (Å²) < 4.78 is 147. The Morgan fingerprint density at radius 2 is 1.44 bits per heavy atom. The first-order chi connectivity index (χ1) is 11.9. The molecule has 1 aromatic heterocycles. The Hall–Kier alpha value is -1.46. The van der Waals surface area contributed by atoms with Crippen molar-refractivity contribution in [1.82, 2.24) is 4.57 Å². The summed E-state index contributed by atoms with van der Waals surface area (Å²) in [4.78, 5) is 0. The molecule has 0 spiro atoms. The molecule has 0 fully saturated rings. The summed E-state index contributed by atoms with van der Waals surface area (Å²) in [6, 6.07) is -1.26. The minimum Gasteiger partial charge on any atom is -0.366 e. The zero-order valence-corrected chi connectivity index (χ0v) is 14.6. The van der Waals surface area contributed by atoms with E-state index in [1.54, 1.807) is 6.92 Å². The van der Waals surface area contributed by atoms with Crippen molar-refractivity contribution in [3.05, 3.63) is 12.4 Å². The number of hydrogen-bond acceptors (Lipinski definition) is 2. The van der Waals surface area contributed by atoms with E-state index in [2.05, 4.69) is 4.52 Å². The van der Waals surface area contributed by atoms with Gasteiger partial charge in [0.15, 0.2) is 0 Å². The summed E-state index contributed by atoms with van der Waals surface area (Å²) in [5.41, 5.74) is -14.0. The summed E-state index contributed by atoms with van der Waals surface area (Å²) in [6.07, 6.45) is -11.4. The highest BCUT2D eigenvalue weighted by Gasteiger charge is 2.86. The van der Waals surface area contributed by atoms with E-state index < -0.39 is 37.1 Å². The van der Waals surface area contributed by atoms with Crippen LogP contribution in [-0.4, -0.2) is 28.2 Å². The van der Waals surface area contributed by atoms with Crippen LogP contribution in [0.1, 0.15) is 19.8 Å². The van der Waals surface area contributed by atoms with E-state index in [1.807, 2.05) is 0 Å². The van der Waals surface area contributed by atoms with Crippen LogP contribution in [0, 0.1) is 0 Å². The molecule has 27 heavy (non-hydrogen) atoms. The summed E-state index contributed by atoms with van der Waals surface area (Å²) in [7, 11) is -7.19. The van der Waals surface area contributed by atoms with Crippen LogP contribution in [0.5, 0.6) is 6.01 Å². The quantitative estimate of drug-likeness (QED) is 0.338. The number of aryl methyl sites for hydroxylation is 2. The third-order valence-electron chi connectivity index (χ3n) is 3.40. The van der Waals surface area contributed by atoms with Gasteiger partial charge >= 0.3 is 37.1 Å². The maximum Gasteiger partial charge on any atom is 0.465 e. The average Bonchev–Trinajstić information content (AvgIpc) is 2.83. The molecule has 4 nitrogen and oxygen atoms in total. The van der Waals surface area contributed by atoms with Gasteiger partial charge < -0.3 is 4.52 Å². The number of alkyl halides is 10. The molecule has 0 amide bonds. The van der Waals surface area contributed by atoms with Gasteiger partial charge in [0.2, 0.25) is 0 Å². The number of hydrogen-bond donors (Lipinski definition) is 0. The second-order valence-corrected chi connectivity index (χ2v) is 7.87. The monoisotopic (exact) mass is 439 g/mol. The molecule has 0 saturated carbocycles. The van der Waals surface area contributed by atoms with E-state index in [9.17, 15) is 48.5 Å². The highest BCUT2D eigenvalue weighted by Crippen LogP contribution is 2.76. The molecule has 0 aliphatic heterocycles. The van der Waals surface area contributed by atoms with Crippen molar-refractivity contribution in [1.29, 1.82) is 0 Å². The van der Waals surface area contributed by atoms with Crippen LogP contribution in [0.3, 0.4) is 0 Å². The van der Waals surface area contributed by atoms with E-state index in [0.29, 0.717) is 15.6 Å². The van der Waals surface area contributed by atoms with Crippen LogP contribution in [0.2, 0.25) is 0 Å². The Morgan fingerprint density at radius 1 is 1.00 bits per heavy atom. The van der Waals surface area contributed by atoms with Gasteiger partial charge in [-0.2, -0.15) is 53.0 Å². The molecule has 1 rings (SSSR count). The van der Waals surface area contributed by atoms with Crippen molar-refractivity contribution in [2.24, 2.45) is 7.05 Å². The third kappa shape index (κ3) is 3.90. The molecule has 0 unspecified atom stereocenters. The van der Waals surface area contributed by atoms with Gasteiger partial charge in [-0.25, -0.2) is 0 Å². The standard InChI is InChI=1S/C12H14F10N2O2P/c1-3-4-5-24-7-6-23(2)8(24)26-27(25,11(19,20)9(13,14)15)12(21,22)10(16,17)18/h6-7H,3-5H2,1-2H3/q+1. The fourth-order valence-corrected chi connectivity index (χ4v) is 3.58. The maximum absolute atomic E-state index is 13.6. The van der Waals surface area contributed by atoms with Crippen molar-refractivity contribution < 1.29 is 57.6 Å². The van der Waals surface area contributed by atoms with Gasteiger partial charge in [0, 0.05) is 0 Å². The molecule has 0 saturated heterocycles. The Kier molecular flexibility index (Phi) is 6.26. The van der Waals surface area contributed by atoms with Crippen molar-refractivity contribution in [3.63, 3.8) is 0 Å². The lowest BCUT2D eigenvalue weighted by atomic mass is 10.3. The van der Waals surface area contributed by atoms with Gasteiger partial charge in [0.1, 0.15) is 12.4 Å². The first-order valence-electron chi connectivity index (χ1n) is 7.17. The number of rotatable bonds is 7. The lowest BCUT2D eigenvalue weighted by Gasteiger charge is -2.33. The number of unbranched alkanes of at least 4 members (excludes halogenated alkanes) is 1. The Bertz CT molecular complexity index is 680. The van der Waals surface area contributed by atoms with Crippen LogP contribution in [0.15, 0.2) is 12.4 Å². The average molecular weight is 439 g/mol. The molecule has 158 valence electrons. The van der Waals surface area contributed by atoms with Crippen LogP contribution < -0.4 is 9.09 Å². The molecule has 1 heterocycles. The first-order valence-corrected chi connectivity index (χ1v) is 8.80. The van der Waals surface area contributed by atoms with Gasteiger partial charge in [0.25, 0.3) is 0 Å². The predicted molar refractivity (Wildman–Crippen MR) is 70.8 cm³/mol. The molecule has 0 bridgehead atoms. The minimum absolute atomic E-state index is 0.179. The molecule has 1 aromatic rings. The summed E-state index contributed by atoms with van der Waals surface area (Å²) >= 11 is 0. The molecule has 0 radical (unpaired) electrons. The number of imidazole rings is 1. The maximum atomic E-state index is 13.6. The summed E-state index contributed by atoms with van der Waals surface area (Å²) in [6.45, 7) is 1.46. The van der Waals surface area contributed by atoms with Crippen molar-refractivity contribution >= 4 is 7.37 Å². The smallest absolute Gasteiger partial charge is 0.366 e. The second-order valence-electron chi connectivity index (χ2n) is 5.46. The largest absolute Gasteiger partial charge is 0.465 e. The third-order valence-corrected chi connectivity index (χ3v) is 5.81.